The van der Waals surface area contributed by atoms with E-state index in [1.165, 1.54) is 4.90 Å². The molecule has 0 bridgehead atoms. The van der Waals surface area contributed by atoms with E-state index in [9.17, 15) is 14.4 Å². The third kappa shape index (κ3) is 3.88. The van der Waals surface area contributed by atoms with Crippen molar-refractivity contribution < 1.29 is 19.1 Å². The van der Waals surface area contributed by atoms with Crippen LogP contribution in [0.3, 0.4) is 0 Å². The molecule has 1 fully saturated rings. The molecular formula is C23H27N3O4. The van der Waals surface area contributed by atoms with Crippen molar-refractivity contribution in [3.63, 3.8) is 0 Å². The first-order valence-electron chi connectivity index (χ1n) is 10.6. The average Bonchev–Trinajstić information content (AvgIpc) is 2.75. The van der Waals surface area contributed by atoms with Crippen molar-refractivity contribution in [2.24, 2.45) is 11.7 Å². The number of carbonyl (C=O) groups is 3. The Morgan fingerprint density at radius 3 is 2.80 bits per heavy atom. The lowest BCUT2D eigenvalue weighted by Gasteiger charge is -2.33. The number of amides is 2. The monoisotopic (exact) mass is 409 g/mol. The summed E-state index contributed by atoms with van der Waals surface area (Å²) in [5.74, 6) is -0.955. The summed E-state index contributed by atoms with van der Waals surface area (Å²) in [7, 11) is 0. The zero-order chi connectivity index (χ0) is 21.3. The number of aromatic nitrogens is 1. The molecule has 7 nitrogen and oxygen atoms in total. The fourth-order valence-electron chi connectivity index (χ4n) is 4.60. The number of benzene rings is 1. The van der Waals surface area contributed by atoms with Crippen molar-refractivity contribution in [3.8, 4) is 0 Å². The number of rotatable bonds is 4. The Hall–Kier alpha value is -2.96. The van der Waals surface area contributed by atoms with E-state index < -0.39 is 24.5 Å². The van der Waals surface area contributed by atoms with Gasteiger partial charge in [0, 0.05) is 17.6 Å². The molecule has 0 unspecified atom stereocenters. The zero-order valence-electron chi connectivity index (χ0n) is 17.2. The van der Waals surface area contributed by atoms with Gasteiger partial charge in [-0.05, 0) is 56.1 Å². The number of nitrogens with zero attached hydrogens (tertiary/aromatic N) is 2. The Labute approximate surface area is 175 Å². The first kappa shape index (κ1) is 20.3. The minimum atomic E-state index is -0.625. The highest BCUT2D eigenvalue weighted by Crippen LogP contribution is 2.32. The van der Waals surface area contributed by atoms with Crippen LogP contribution in [0.5, 0.6) is 0 Å². The number of ether oxygens (including phenoxy) is 1. The molecule has 158 valence electrons. The van der Waals surface area contributed by atoms with Crippen molar-refractivity contribution in [1.82, 2.24) is 9.88 Å². The maximum atomic E-state index is 13.1. The number of aryl methyl sites for hydroxylation is 1. The van der Waals surface area contributed by atoms with Crippen molar-refractivity contribution in [2.45, 2.75) is 51.5 Å². The Morgan fingerprint density at radius 2 is 2.00 bits per heavy atom. The molecule has 2 atom stereocenters. The maximum absolute atomic E-state index is 13.1. The molecular weight excluding hydrogens is 382 g/mol. The molecule has 2 aromatic rings. The second kappa shape index (κ2) is 8.42. The van der Waals surface area contributed by atoms with Crippen LogP contribution in [0.2, 0.25) is 0 Å². The Bertz CT molecular complexity index is 1000. The lowest BCUT2D eigenvalue weighted by Crippen LogP contribution is -2.51. The number of likely N-dealkylation sites (tertiary alicyclic amines) is 1. The summed E-state index contributed by atoms with van der Waals surface area (Å²) in [6, 6.07) is 6.90. The highest BCUT2D eigenvalue weighted by molar-refractivity contribution is 6.05. The molecule has 30 heavy (non-hydrogen) atoms. The third-order valence-electron chi connectivity index (χ3n) is 6.19. The fourth-order valence-corrected chi connectivity index (χ4v) is 4.60. The average molecular weight is 409 g/mol. The molecule has 1 aromatic heterocycles. The van der Waals surface area contributed by atoms with Crippen LogP contribution in [-0.4, -0.2) is 46.9 Å². The molecule has 2 heterocycles. The molecule has 1 saturated heterocycles. The highest BCUT2D eigenvalue weighted by Gasteiger charge is 2.32. The standard InChI is InChI=1S/C23H27N3O4/c1-14-9-10-18-16(12-14)21(15-6-2-3-7-17(15)25-18)23(29)30-13-20(27)26-11-5-4-8-19(26)22(24)28/h2-3,6-7,14,19H,4-5,8-13H2,1H3,(H2,24,28)/t14-,19-/m0/s1. The largest absolute Gasteiger partial charge is 0.452 e. The van der Waals surface area contributed by atoms with Crippen molar-refractivity contribution >= 4 is 28.7 Å². The van der Waals surface area contributed by atoms with Crippen LogP contribution in [-0.2, 0) is 27.2 Å². The SMILES string of the molecule is C[C@H]1CCc2nc3ccccc3c(C(=O)OCC(=O)N3CCCC[C@H]3C(N)=O)c2C1. The lowest BCUT2D eigenvalue weighted by atomic mass is 9.84. The smallest absolute Gasteiger partial charge is 0.339 e. The number of hydrogen-bond donors (Lipinski definition) is 1. The van der Waals surface area contributed by atoms with E-state index in [0.717, 1.165) is 54.3 Å². The van der Waals surface area contributed by atoms with Gasteiger partial charge in [-0.3, -0.25) is 14.6 Å². The van der Waals surface area contributed by atoms with Crippen molar-refractivity contribution in [2.75, 3.05) is 13.2 Å². The van der Waals surface area contributed by atoms with Gasteiger partial charge in [0.2, 0.25) is 5.91 Å². The van der Waals surface area contributed by atoms with Crippen LogP contribution >= 0.6 is 0 Å². The van der Waals surface area contributed by atoms with Gasteiger partial charge in [-0.2, -0.15) is 0 Å². The zero-order valence-corrected chi connectivity index (χ0v) is 17.2. The minimum Gasteiger partial charge on any atom is -0.452 e. The molecule has 0 spiro atoms. The molecule has 1 aromatic carbocycles. The van der Waals surface area contributed by atoms with E-state index in [1.54, 1.807) is 0 Å². The maximum Gasteiger partial charge on any atom is 0.339 e. The predicted molar refractivity (Wildman–Crippen MR) is 112 cm³/mol. The topological polar surface area (TPSA) is 103 Å². The number of fused-ring (bicyclic) bond motifs is 2. The van der Waals surface area contributed by atoms with Crippen LogP contribution in [0.1, 0.15) is 54.2 Å². The molecule has 1 aliphatic carbocycles. The van der Waals surface area contributed by atoms with Gasteiger partial charge in [-0.25, -0.2) is 4.79 Å². The lowest BCUT2D eigenvalue weighted by molar-refractivity contribution is -0.143. The quantitative estimate of drug-likeness (QED) is 0.781. The third-order valence-corrected chi connectivity index (χ3v) is 6.19. The Morgan fingerprint density at radius 1 is 1.20 bits per heavy atom. The molecule has 0 saturated carbocycles. The number of esters is 1. The second-order valence-corrected chi connectivity index (χ2v) is 8.35. The van der Waals surface area contributed by atoms with Crippen LogP contribution in [0.4, 0.5) is 0 Å². The molecule has 2 amide bonds. The number of pyridine rings is 1. The summed E-state index contributed by atoms with van der Waals surface area (Å²) >= 11 is 0. The van der Waals surface area contributed by atoms with Gasteiger partial charge in [-0.1, -0.05) is 25.1 Å². The Balaban J connectivity index is 1.58. The summed E-state index contributed by atoms with van der Waals surface area (Å²) in [6.07, 6.45) is 4.84. The molecule has 1 aliphatic heterocycles. The van der Waals surface area contributed by atoms with Gasteiger partial charge in [0.1, 0.15) is 6.04 Å². The predicted octanol–water partition coefficient (Wildman–Crippen LogP) is 2.38. The van der Waals surface area contributed by atoms with Gasteiger partial charge in [0.05, 0.1) is 11.1 Å². The van der Waals surface area contributed by atoms with Crippen molar-refractivity contribution in [1.29, 1.82) is 0 Å². The van der Waals surface area contributed by atoms with Gasteiger partial charge < -0.3 is 15.4 Å². The number of carbonyl (C=O) groups excluding carboxylic acids is 3. The summed E-state index contributed by atoms with van der Waals surface area (Å²) in [4.78, 5) is 43.7. The van der Waals surface area contributed by atoms with Gasteiger partial charge in [0.15, 0.2) is 6.61 Å². The normalized spacial score (nSPS) is 21.2. The van der Waals surface area contributed by atoms with Gasteiger partial charge >= 0.3 is 5.97 Å². The van der Waals surface area contributed by atoms with E-state index in [0.29, 0.717) is 24.4 Å². The van der Waals surface area contributed by atoms with E-state index in [2.05, 4.69) is 6.92 Å². The summed E-state index contributed by atoms with van der Waals surface area (Å²) in [5.41, 5.74) is 8.59. The van der Waals surface area contributed by atoms with Gasteiger partial charge in [0.25, 0.3) is 5.91 Å². The number of piperidine rings is 1. The van der Waals surface area contributed by atoms with Crippen LogP contribution in [0, 0.1) is 5.92 Å². The minimum absolute atomic E-state index is 0.382. The van der Waals surface area contributed by atoms with Crippen LogP contribution < -0.4 is 5.73 Å². The second-order valence-electron chi connectivity index (χ2n) is 8.35. The first-order valence-corrected chi connectivity index (χ1v) is 10.6. The first-order chi connectivity index (χ1) is 14.5. The molecule has 4 rings (SSSR count). The number of nitrogens with two attached hydrogens (primary N) is 1. The van der Waals surface area contributed by atoms with Crippen LogP contribution in [0.15, 0.2) is 24.3 Å². The Kier molecular flexibility index (Phi) is 5.70. The van der Waals surface area contributed by atoms with E-state index >= 15 is 0 Å². The fraction of sp³-hybridized carbons (Fsp3) is 0.478. The summed E-state index contributed by atoms with van der Waals surface area (Å²) < 4.78 is 5.47. The number of hydrogen-bond acceptors (Lipinski definition) is 5. The molecule has 0 radical (unpaired) electrons. The molecule has 2 N–H and O–H groups in total. The van der Waals surface area contributed by atoms with E-state index in [4.69, 9.17) is 15.5 Å². The highest BCUT2D eigenvalue weighted by atomic mass is 16.5. The molecule has 7 heteroatoms. The van der Waals surface area contributed by atoms with Crippen LogP contribution in [0.25, 0.3) is 10.9 Å². The van der Waals surface area contributed by atoms with Gasteiger partial charge in [-0.15, -0.1) is 0 Å². The van der Waals surface area contributed by atoms with E-state index in [-0.39, 0.29) is 5.91 Å². The van der Waals surface area contributed by atoms with Crippen molar-refractivity contribution in [3.05, 3.63) is 41.1 Å². The number of para-hydroxylation sites is 1. The summed E-state index contributed by atoms with van der Waals surface area (Å²) in [6.45, 7) is 2.22. The molecule has 2 aliphatic rings. The van der Waals surface area contributed by atoms with E-state index in [1.807, 2.05) is 24.3 Å². The summed E-state index contributed by atoms with van der Waals surface area (Å²) in [5, 5.41) is 0.746. The number of primary amides is 1.